The van der Waals surface area contributed by atoms with E-state index in [1.807, 2.05) is 0 Å². The fraction of sp³-hybridized carbons (Fsp3) is 0.692. The van der Waals surface area contributed by atoms with Gasteiger partial charge in [-0.05, 0) is 0 Å². The van der Waals surface area contributed by atoms with Gasteiger partial charge in [-0.3, -0.25) is 23.9 Å². The van der Waals surface area contributed by atoms with Crippen LogP contribution in [0.3, 0.4) is 0 Å². The summed E-state index contributed by atoms with van der Waals surface area (Å²) in [6.07, 6.45) is -5.35. The monoisotopic (exact) mass is 333 g/mol. The maximum Gasteiger partial charge on any atom is 0.305 e. The molecule has 1 heterocycles. The van der Waals surface area contributed by atoms with E-state index >= 15 is 0 Å². The molecule has 1 rings (SSSR count). The Bertz CT molecular complexity index is 492. The molecule has 0 saturated carbocycles. The summed E-state index contributed by atoms with van der Waals surface area (Å²) in [5, 5.41) is 0. The Hall–Kier alpha value is -2.20. The minimum Gasteiger partial charge on any atom is -0.456 e. The van der Waals surface area contributed by atoms with Crippen LogP contribution in [0.15, 0.2) is 0 Å². The zero-order valence-corrected chi connectivity index (χ0v) is 13.1. The quantitative estimate of drug-likeness (QED) is 0.502. The lowest BCUT2D eigenvalue weighted by molar-refractivity contribution is -0.311. The van der Waals surface area contributed by atoms with Crippen molar-refractivity contribution in [1.82, 2.24) is 0 Å². The van der Waals surface area contributed by atoms with Gasteiger partial charge in [0.15, 0.2) is 6.10 Å². The smallest absolute Gasteiger partial charge is 0.305 e. The van der Waals surface area contributed by atoms with Crippen LogP contribution < -0.4 is 5.73 Å². The first-order valence-electron chi connectivity index (χ1n) is 6.71. The first kappa shape index (κ1) is 18.8. The molecule has 1 aliphatic rings. The van der Waals surface area contributed by atoms with E-state index in [1.54, 1.807) is 0 Å². The molecule has 0 aromatic rings. The first-order chi connectivity index (χ1) is 10.6. The highest BCUT2D eigenvalue weighted by Gasteiger charge is 2.51. The summed E-state index contributed by atoms with van der Waals surface area (Å²) < 4.78 is 25.1. The van der Waals surface area contributed by atoms with Gasteiger partial charge in [0, 0.05) is 27.7 Å². The molecule has 10 heteroatoms. The summed E-state index contributed by atoms with van der Waals surface area (Å²) in [6, 6.07) is -1.15. The molecule has 1 aliphatic heterocycles. The van der Waals surface area contributed by atoms with Crippen LogP contribution in [-0.2, 0) is 42.9 Å². The van der Waals surface area contributed by atoms with Crippen LogP contribution in [0.5, 0.6) is 0 Å². The lowest BCUT2D eigenvalue weighted by atomic mass is 10.0. The van der Waals surface area contributed by atoms with Crippen molar-refractivity contribution in [2.45, 2.75) is 58.5 Å². The molecule has 5 atom stereocenters. The lowest BCUT2D eigenvalue weighted by Gasteiger charge is -2.42. The van der Waals surface area contributed by atoms with E-state index < -0.39 is 54.7 Å². The van der Waals surface area contributed by atoms with Gasteiger partial charge in [0.2, 0.25) is 18.7 Å². The Morgan fingerprint density at radius 3 is 1.52 bits per heavy atom. The van der Waals surface area contributed by atoms with Gasteiger partial charge in [-0.25, -0.2) is 0 Å². The van der Waals surface area contributed by atoms with Crippen molar-refractivity contribution in [1.29, 1.82) is 0 Å². The van der Waals surface area contributed by atoms with Crippen LogP contribution in [-0.4, -0.2) is 54.7 Å². The number of carbonyl (C=O) groups is 4. The number of rotatable bonds is 4. The van der Waals surface area contributed by atoms with Crippen molar-refractivity contribution >= 4 is 23.9 Å². The maximum atomic E-state index is 11.3. The van der Waals surface area contributed by atoms with Gasteiger partial charge in [-0.2, -0.15) is 0 Å². The second-order valence-electron chi connectivity index (χ2n) is 4.82. The van der Waals surface area contributed by atoms with Gasteiger partial charge in [-0.15, -0.1) is 0 Å². The Kier molecular flexibility index (Phi) is 6.46. The standard InChI is InChI=1S/C13H19NO9/c1-5(15)19-10-9(14)12(21-7(3)17)23-13(22-8(4)18)11(10)20-6(2)16/h9-13H,14H2,1-4H3/t9-,10?,11+,12-,13?/m1/s1. The molecule has 1 saturated heterocycles. The summed E-state index contributed by atoms with van der Waals surface area (Å²) in [7, 11) is 0. The molecule has 2 N–H and O–H groups in total. The Balaban J connectivity index is 3.12. The molecule has 0 spiro atoms. The molecule has 0 aliphatic carbocycles. The second kappa shape index (κ2) is 7.88. The molecular weight excluding hydrogens is 314 g/mol. The van der Waals surface area contributed by atoms with Crippen molar-refractivity contribution in [3.05, 3.63) is 0 Å². The molecule has 10 nitrogen and oxygen atoms in total. The highest BCUT2D eigenvalue weighted by Crippen LogP contribution is 2.27. The predicted octanol–water partition coefficient (Wildman–Crippen LogP) is -1.01. The highest BCUT2D eigenvalue weighted by atomic mass is 16.8. The average molecular weight is 333 g/mol. The second-order valence-corrected chi connectivity index (χ2v) is 4.82. The molecule has 0 amide bonds. The molecular formula is C13H19NO9. The number of esters is 4. The van der Waals surface area contributed by atoms with Gasteiger partial charge >= 0.3 is 23.9 Å². The summed E-state index contributed by atoms with van der Waals surface area (Å²) >= 11 is 0. The predicted molar refractivity (Wildman–Crippen MR) is 71.3 cm³/mol. The lowest BCUT2D eigenvalue weighted by Crippen LogP contribution is -2.64. The summed E-state index contributed by atoms with van der Waals surface area (Å²) in [5.74, 6) is -2.90. The fourth-order valence-corrected chi connectivity index (χ4v) is 2.01. The Morgan fingerprint density at radius 1 is 0.696 bits per heavy atom. The van der Waals surface area contributed by atoms with Gasteiger partial charge < -0.3 is 24.7 Å². The van der Waals surface area contributed by atoms with Crippen LogP contribution in [0.2, 0.25) is 0 Å². The van der Waals surface area contributed by atoms with E-state index in [9.17, 15) is 19.2 Å². The molecule has 0 radical (unpaired) electrons. The van der Waals surface area contributed by atoms with Crippen LogP contribution in [0.1, 0.15) is 27.7 Å². The third kappa shape index (κ3) is 5.49. The molecule has 1 fully saturated rings. The van der Waals surface area contributed by atoms with E-state index in [0.717, 1.165) is 27.7 Å². The van der Waals surface area contributed by atoms with E-state index in [2.05, 4.69) is 0 Å². The SMILES string of the molecule is CC(=O)OC1O[C@@H](OC(C)=O)[C@H](N)C(OC(C)=O)[C@@H]1OC(C)=O. The van der Waals surface area contributed by atoms with Gasteiger partial charge in [0.25, 0.3) is 0 Å². The van der Waals surface area contributed by atoms with Gasteiger partial charge in [0.05, 0.1) is 0 Å². The van der Waals surface area contributed by atoms with Crippen LogP contribution >= 0.6 is 0 Å². The van der Waals surface area contributed by atoms with E-state index in [0.29, 0.717) is 0 Å². The zero-order chi connectivity index (χ0) is 17.7. The maximum absolute atomic E-state index is 11.3. The molecule has 23 heavy (non-hydrogen) atoms. The van der Waals surface area contributed by atoms with Crippen molar-refractivity contribution < 1.29 is 42.9 Å². The van der Waals surface area contributed by atoms with Crippen molar-refractivity contribution in [2.24, 2.45) is 5.73 Å². The van der Waals surface area contributed by atoms with Crippen molar-refractivity contribution in [3.8, 4) is 0 Å². The van der Waals surface area contributed by atoms with E-state index in [4.69, 9.17) is 29.4 Å². The van der Waals surface area contributed by atoms with E-state index in [1.165, 1.54) is 0 Å². The third-order valence-electron chi connectivity index (χ3n) is 2.72. The molecule has 0 bridgehead atoms. The Labute approximate surface area is 132 Å². The van der Waals surface area contributed by atoms with E-state index in [-0.39, 0.29) is 0 Å². The minimum absolute atomic E-state index is 0.709. The summed E-state index contributed by atoms with van der Waals surface area (Å²) in [4.78, 5) is 44.8. The molecule has 0 aromatic carbocycles. The topological polar surface area (TPSA) is 140 Å². The number of ether oxygens (including phenoxy) is 5. The number of hydrogen-bond acceptors (Lipinski definition) is 10. The molecule has 2 unspecified atom stereocenters. The van der Waals surface area contributed by atoms with Crippen LogP contribution in [0.4, 0.5) is 0 Å². The van der Waals surface area contributed by atoms with Gasteiger partial charge in [0.1, 0.15) is 6.04 Å². The normalized spacial score (nSPS) is 30.0. The van der Waals surface area contributed by atoms with Crippen molar-refractivity contribution in [2.75, 3.05) is 0 Å². The molecule has 130 valence electrons. The third-order valence-corrected chi connectivity index (χ3v) is 2.72. The highest BCUT2D eigenvalue weighted by molar-refractivity contribution is 5.68. The zero-order valence-electron chi connectivity index (χ0n) is 13.1. The van der Waals surface area contributed by atoms with Gasteiger partial charge in [-0.1, -0.05) is 0 Å². The van der Waals surface area contributed by atoms with Crippen LogP contribution in [0, 0.1) is 0 Å². The Morgan fingerprint density at radius 2 is 1.09 bits per heavy atom. The summed E-state index contributed by atoms with van der Waals surface area (Å²) in [6.45, 7) is 4.45. The summed E-state index contributed by atoms with van der Waals surface area (Å²) in [5.41, 5.74) is 5.87. The molecule has 0 aromatic heterocycles. The van der Waals surface area contributed by atoms with Crippen molar-refractivity contribution in [3.63, 3.8) is 0 Å². The number of carbonyl (C=O) groups excluding carboxylic acids is 4. The fourth-order valence-electron chi connectivity index (χ4n) is 2.01. The first-order valence-corrected chi connectivity index (χ1v) is 6.71. The minimum atomic E-state index is -1.45. The number of nitrogens with two attached hydrogens (primary N) is 1. The average Bonchev–Trinajstić information content (AvgIpc) is 2.37. The number of hydrogen-bond donors (Lipinski definition) is 1. The largest absolute Gasteiger partial charge is 0.456 e. The van der Waals surface area contributed by atoms with Crippen LogP contribution in [0.25, 0.3) is 0 Å².